The Morgan fingerprint density at radius 3 is 1.31 bits per heavy atom. The predicted octanol–water partition coefficient (Wildman–Crippen LogP) is 11.8. The van der Waals surface area contributed by atoms with Gasteiger partial charge < -0.3 is 4.57 Å². The molecule has 9 aromatic rings. The fourth-order valence-corrected chi connectivity index (χ4v) is 10.6. The molecule has 1 heteroatoms. The topological polar surface area (TPSA) is 4.93 Å². The first-order valence-corrected chi connectivity index (χ1v) is 18.0. The highest BCUT2D eigenvalue weighted by molar-refractivity contribution is 6.18. The van der Waals surface area contributed by atoms with Gasteiger partial charge in [0.25, 0.3) is 0 Å². The molecule has 0 amide bonds. The van der Waals surface area contributed by atoms with E-state index in [0.717, 1.165) is 0 Å². The largest absolute Gasteiger partial charge is 0.309 e. The van der Waals surface area contributed by atoms with E-state index >= 15 is 0 Å². The molecule has 2 spiro atoms. The predicted molar refractivity (Wildman–Crippen MR) is 209 cm³/mol. The van der Waals surface area contributed by atoms with Crippen molar-refractivity contribution in [3.63, 3.8) is 0 Å². The number of nitrogens with zero attached hydrogens (tertiary/aromatic N) is 1. The second-order valence-electron chi connectivity index (χ2n) is 14.3. The smallest absolute Gasteiger partial charge is 0.0720 e. The number of fused-ring (bicyclic) bond motifs is 20. The maximum absolute atomic E-state index is 2.46. The summed E-state index contributed by atoms with van der Waals surface area (Å²) in [4.78, 5) is 0. The molecule has 1 nitrogen and oxygen atoms in total. The van der Waals surface area contributed by atoms with Gasteiger partial charge in [0.2, 0.25) is 0 Å². The monoisotopic (exact) mass is 645 g/mol. The van der Waals surface area contributed by atoms with Crippen LogP contribution in [0.3, 0.4) is 0 Å². The van der Waals surface area contributed by atoms with Crippen molar-refractivity contribution in [2.75, 3.05) is 0 Å². The molecule has 3 aliphatic rings. The van der Waals surface area contributed by atoms with E-state index in [9.17, 15) is 0 Å². The van der Waals surface area contributed by atoms with Gasteiger partial charge in [-0.1, -0.05) is 164 Å². The van der Waals surface area contributed by atoms with Gasteiger partial charge >= 0.3 is 0 Å². The lowest BCUT2D eigenvalue weighted by atomic mass is 9.52. The van der Waals surface area contributed by atoms with E-state index in [4.69, 9.17) is 0 Å². The van der Waals surface area contributed by atoms with Gasteiger partial charge in [-0.3, -0.25) is 0 Å². The fraction of sp³-hybridized carbons (Fsp3) is 0.0400. The molecule has 0 saturated heterocycles. The average molecular weight is 646 g/mol. The molecule has 1 aromatic heterocycles. The van der Waals surface area contributed by atoms with Gasteiger partial charge in [-0.25, -0.2) is 0 Å². The summed E-state index contributed by atoms with van der Waals surface area (Å²) >= 11 is 0. The fourth-order valence-electron chi connectivity index (χ4n) is 10.6. The van der Waals surface area contributed by atoms with Crippen molar-refractivity contribution >= 4 is 21.8 Å². The van der Waals surface area contributed by atoms with Crippen LogP contribution < -0.4 is 0 Å². The van der Waals surface area contributed by atoms with Crippen molar-refractivity contribution in [2.24, 2.45) is 0 Å². The zero-order chi connectivity index (χ0) is 33.3. The molecule has 0 N–H and O–H groups in total. The molecule has 0 unspecified atom stereocenters. The van der Waals surface area contributed by atoms with Crippen LogP contribution in [-0.2, 0) is 10.8 Å². The average Bonchev–Trinajstić information content (AvgIpc) is 3.81. The standard InChI is InChI=1S/C50H31N/c1-2-16-32(17-3-1)51-45-29-15-7-21-36(45)48-46(51)31-30-44-47(48)35-20-6-10-24-39(35)50(44)42-27-13-11-25-40(42)49(41-26-12-14-28-43(41)50)37-22-8-4-18-33(37)34-19-5-9-23-38(34)49/h1-31H. The SMILES string of the molecule is c1ccc(-n2c3ccccc3c3c4c(ccc32)C2(c3ccccc3-4)c3ccccc3C3(c4ccccc4-c4ccccc43)c3ccccc32)cc1. The summed E-state index contributed by atoms with van der Waals surface area (Å²) in [5, 5.41) is 2.61. The quantitative estimate of drug-likeness (QED) is 0.167. The van der Waals surface area contributed by atoms with Gasteiger partial charge in [-0.2, -0.15) is 0 Å². The lowest BCUT2D eigenvalue weighted by Gasteiger charge is -2.48. The van der Waals surface area contributed by atoms with Crippen LogP contribution in [0.1, 0.15) is 44.5 Å². The second-order valence-corrected chi connectivity index (χ2v) is 14.3. The zero-order valence-electron chi connectivity index (χ0n) is 27.8. The Morgan fingerprint density at radius 2 is 0.725 bits per heavy atom. The number of hydrogen-bond acceptors (Lipinski definition) is 0. The van der Waals surface area contributed by atoms with Crippen LogP contribution in [-0.4, -0.2) is 4.57 Å². The molecule has 51 heavy (non-hydrogen) atoms. The van der Waals surface area contributed by atoms with Crippen LogP contribution in [0, 0.1) is 0 Å². The Hall–Kier alpha value is -6.44. The second kappa shape index (κ2) is 9.62. The van der Waals surface area contributed by atoms with Crippen molar-refractivity contribution in [3.05, 3.63) is 233 Å². The molecule has 236 valence electrons. The summed E-state index contributed by atoms with van der Waals surface area (Å²) in [6.45, 7) is 0. The van der Waals surface area contributed by atoms with Crippen LogP contribution in [0.15, 0.2) is 188 Å². The number of aromatic nitrogens is 1. The number of hydrogen-bond donors (Lipinski definition) is 0. The summed E-state index contributed by atoms with van der Waals surface area (Å²) in [5.41, 5.74) is 19.0. The molecule has 1 heterocycles. The van der Waals surface area contributed by atoms with Crippen LogP contribution in [0.25, 0.3) is 49.7 Å². The third-order valence-corrected chi connectivity index (χ3v) is 12.3. The van der Waals surface area contributed by atoms with Gasteiger partial charge in [0.15, 0.2) is 0 Å². The molecular weight excluding hydrogens is 615 g/mol. The van der Waals surface area contributed by atoms with Crippen molar-refractivity contribution in [1.82, 2.24) is 4.57 Å². The van der Waals surface area contributed by atoms with Crippen LogP contribution in [0.5, 0.6) is 0 Å². The van der Waals surface area contributed by atoms with E-state index in [1.807, 2.05) is 0 Å². The van der Waals surface area contributed by atoms with Crippen molar-refractivity contribution in [3.8, 4) is 27.9 Å². The zero-order valence-corrected chi connectivity index (χ0v) is 27.8. The van der Waals surface area contributed by atoms with E-state index < -0.39 is 10.8 Å². The third kappa shape index (κ3) is 3.07. The maximum atomic E-state index is 2.46. The first-order valence-electron chi connectivity index (χ1n) is 18.0. The van der Waals surface area contributed by atoms with Crippen LogP contribution >= 0.6 is 0 Å². The molecule has 0 radical (unpaired) electrons. The summed E-state index contributed by atoms with van der Waals surface area (Å²) in [6.07, 6.45) is 0. The van der Waals surface area contributed by atoms with E-state index in [1.54, 1.807) is 0 Å². The minimum absolute atomic E-state index is 0.434. The molecule has 0 fully saturated rings. The van der Waals surface area contributed by atoms with E-state index in [2.05, 4.69) is 193 Å². The first-order chi connectivity index (χ1) is 25.3. The summed E-state index contributed by atoms with van der Waals surface area (Å²) in [7, 11) is 0. The van der Waals surface area contributed by atoms with Gasteiger partial charge in [-0.05, 0) is 91.0 Å². The third-order valence-electron chi connectivity index (χ3n) is 12.3. The highest BCUT2D eigenvalue weighted by Crippen LogP contribution is 2.68. The van der Waals surface area contributed by atoms with Gasteiger partial charge in [0.1, 0.15) is 0 Å². The van der Waals surface area contributed by atoms with E-state index in [1.165, 1.54) is 94.3 Å². The van der Waals surface area contributed by atoms with E-state index in [-0.39, 0.29) is 0 Å². The first kappa shape index (κ1) is 27.4. The van der Waals surface area contributed by atoms with Gasteiger partial charge in [0.05, 0.1) is 21.9 Å². The Morgan fingerprint density at radius 1 is 0.294 bits per heavy atom. The highest BCUT2D eigenvalue weighted by Gasteiger charge is 2.59. The lowest BCUT2D eigenvalue weighted by molar-refractivity contribution is 0.633. The van der Waals surface area contributed by atoms with Crippen LogP contribution in [0.2, 0.25) is 0 Å². The van der Waals surface area contributed by atoms with Crippen molar-refractivity contribution < 1.29 is 0 Å². The molecule has 0 aliphatic heterocycles. The van der Waals surface area contributed by atoms with Gasteiger partial charge in [0, 0.05) is 16.5 Å². The normalized spacial score (nSPS) is 15.0. The molecular formula is C50H31N. The number of benzene rings is 8. The lowest BCUT2D eigenvalue weighted by Crippen LogP contribution is -2.43. The minimum atomic E-state index is -0.499. The molecule has 0 atom stereocenters. The minimum Gasteiger partial charge on any atom is -0.309 e. The molecule has 12 rings (SSSR count). The summed E-state index contributed by atoms with van der Waals surface area (Å²) < 4.78 is 2.45. The van der Waals surface area contributed by atoms with Crippen molar-refractivity contribution in [2.45, 2.75) is 10.8 Å². The summed E-state index contributed by atoms with van der Waals surface area (Å²) in [6, 6.07) is 70.8. The highest BCUT2D eigenvalue weighted by atomic mass is 15.0. The molecule has 8 aromatic carbocycles. The Bertz CT molecular complexity index is 2830. The Balaban J connectivity index is 1.28. The van der Waals surface area contributed by atoms with Crippen molar-refractivity contribution in [1.29, 1.82) is 0 Å². The Kier molecular flexibility index (Phi) is 5.17. The Labute approximate surface area is 296 Å². The summed E-state index contributed by atoms with van der Waals surface area (Å²) in [5.74, 6) is 0. The van der Waals surface area contributed by atoms with E-state index in [0.29, 0.717) is 0 Å². The van der Waals surface area contributed by atoms with Crippen LogP contribution in [0.4, 0.5) is 0 Å². The van der Waals surface area contributed by atoms with Gasteiger partial charge in [-0.15, -0.1) is 0 Å². The maximum Gasteiger partial charge on any atom is 0.0720 e. The molecule has 0 bridgehead atoms. The number of rotatable bonds is 1. The molecule has 3 aliphatic carbocycles. The molecule has 0 saturated carbocycles. The number of para-hydroxylation sites is 2.